The summed E-state index contributed by atoms with van der Waals surface area (Å²) in [7, 11) is 2.04. The number of rotatable bonds is 4. The third-order valence-corrected chi connectivity index (χ3v) is 4.95. The van der Waals surface area contributed by atoms with Crippen molar-refractivity contribution >= 4 is 36.3 Å². The number of carbonyl (C=O) groups excluding carboxylic acids is 1. The van der Waals surface area contributed by atoms with E-state index in [2.05, 4.69) is 32.5 Å². The van der Waals surface area contributed by atoms with E-state index < -0.39 is 0 Å². The van der Waals surface area contributed by atoms with Crippen molar-refractivity contribution in [3.8, 4) is 0 Å². The highest BCUT2D eigenvalue weighted by atomic mass is 16.2. The van der Waals surface area contributed by atoms with Crippen LogP contribution in [0, 0.1) is 5.92 Å². The molecule has 0 saturated heterocycles. The predicted molar refractivity (Wildman–Crippen MR) is 103 cm³/mol. The Hall–Kier alpha value is -3.23. The number of nitrogens with zero attached hydrogens (tertiary/aromatic N) is 6. The molecule has 0 aromatic carbocycles. The number of hydrogen-bond donors (Lipinski definition) is 1. The Balaban J connectivity index is 1.48. The largest absolute Gasteiger partial charge is 0.309 e. The average molecular weight is 359 g/mol. The van der Waals surface area contributed by atoms with Gasteiger partial charge in [0.25, 0.3) is 0 Å². The Labute approximate surface area is 156 Å². The molecule has 0 spiro atoms. The number of aromatic nitrogens is 6. The van der Waals surface area contributed by atoms with Crippen LogP contribution in [-0.4, -0.2) is 42.9 Å². The van der Waals surface area contributed by atoms with Crippen LogP contribution in [0.15, 0.2) is 36.7 Å². The first kappa shape index (κ1) is 16.0. The molecule has 1 unspecified atom stereocenters. The minimum Gasteiger partial charge on any atom is -0.309 e. The highest BCUT2D eigenvalue weighted by molar-refractivity contribution is 6.32. The number of fused-ring (bicyclic) bond motifs is 2. The Morgan fingerprint density at radius 3 is 2.81 bits per heavy atom. The number of hydrogen-bond acceptors (Lipinski definition) is 5. The molecule has 0 bridgehead atoms. The molecule has 1 fully saturated rings. The summed E-state index contributed by atoms with van der Waals surface area (Å²) in [5.74, 6) is 1.51. The fraction of sp³-hybridized carbons (Fsp3) is 0.278. The number of anilines is 1. The normalized spacial score (nSPS) is 15.3. The van der Waals surface area contributed by atoms with E-state index in [1.54, 1.807) is 10.7 Å². The van der Waals surface area contributed by atoms with Gasteiger partial charge in [-0.3, -0.25) is 9.20 Å². The maximum Gasteiger partial charge on any atom is 0.228 e. The fourth-order valence-electron chi connectivity index (χ4n) is 3.20. The van der Waals surface area contributed by atoms with Crippen LogP contribution in [0.2, 0.25) is 0 Å². The van der Waals surface area contributed by atoms with Gasteiger partial charge in [-0.05, 0) is 38.0 Å². The van der Waals surface area contributed by atoms with Gasteiger partial charge in [0.2, 0.25) is 5.91 Å². The SMILES string of the molecule is Bc1ccc2nnc(C(C)c3ccc4nc(NC(=O)C5CC5)cn4n3)n2c1. The van der Waals surface area contributed by atoms with E-state index in [4.69, 9.17) is 0 Å². The lowest BCUT2D eigenvalue weighted by atomic mass is 9.99. The van der Waals surface area contributed by atoms with E-state index in [1.165, 1.54) is 0 Å². The molecule has 1 aliphatic rings. The Kier molecular flexibility index (Phi) is 3.49. The first-order chi connectivity index (χ1) is 13.1. The molecule has 1 saturated carbocycles. The van der Waals surface area contributed by atoms with Gasteiger partial charge < -0.3 is 5.32 Å². The van der Waals surface area contributed by atoms with Gasteiger partial charge in [-0.1, -0.05) is 11.5 Å². The first-order valence-corrected chi connectivity index (χ1v) is 9.07. The van der Waals surface area contributed by atoms with Crippen molar-refractivity contribution in [2.75, 3.05) is 5.32 Å². The maximum atomic E-state index is 11.9. The molecule has 5 rings (SSSR count). The Bertz CT molecular complexity index is 1180. The van der Waals surface area contributed by atoms with Crippen LogP contribution < -0.4 is 10.8 Å². The molecule has 9 heteroatoms. The molecule has 0 aliphatic heterocycles. The third-order valence-electron chi connectivity index (χ3n) is 4.95. The standard InChI is InChI=1S/C18H18BN7O/c1-10(17-23-22-16-6-4-12(19)8-25(16)17)13-5-7-15-20-14(9-26(15)24-13)21-18(27)11-2-3-11/h4-11H,2-3,19H2,1H3,(H,21,27). The van der Waals surface area contributed by atoms with Crippen molar-refractivity contribution in [1.29, 1.82) is 0 Å². The zero-order chi connectivity index (χ0) is 18.5. The average Bonchev–Trinajstić information content (AvgIpc) is 3.31. The van der Waals surface area contributed by atoms with E-state index >= 15 is 0 Å². The Morgan fingerprint density at radius 2 is 2.00 bits per heavy atom. The van der Waals surface area contributed by atoms with Gasteiger partial charge in [-0.25, -0.2) is 9.50 Å². The molecule has 1 N–H and O–H groups in total. The van der Waals surface area contributed by atoms with E-state index in [0.29, 0.717) is 11.5 Å². The van der Waals surface area contributed by atoms with Crippen molar-refractivity contribution in [1.82, 2.24) is 29.2 Å². The minimum atomic E-state index is -0.0434. The summed E-state index contributed by atoms with van der Waals surface area (Å²) < 4.78 is 3.70. The van der Waals surface area contributed by atoms with Gasteiger partial charge in [-0.15, -0.1) is 10.2 Å². The van der Waals surface area contributed by atoms with Gasteiger partial charge in [-0.2, -0.15) is 5.10 Å². The summed E-state index contributed by atoms with van der Waals surface area (Å²) in [6, 6.07) is 7.82. The summed E-state index contributed by atoms with van der Waals surface area (Å²) in [5.41, 5.74) is 3.51. The first-order valence-electron chi connectivity index (χ1n) is 9.07. The van der Waals surface area contributed by atoms with Crippen LogP contribution >= 0.6 is 0 Å². The zero-order valence-corrected chi connectivity index (χ0v) is 15.1. The van der Waals surface area contributed by atoms with Crippen molar-refractivity contribution in [3.05, 3.63) is 48.2 Å². The van der Waals surface area contributed by atoms with Crippen LogP contribution in [-0.2, 0) is 4.79 Å². The summed E-state index contributed by atoms with van der Waals surface area (Å²) in [6.45, 7) is 2.06. The molecular weight excluding hydrogens is 341 g/mol. The summed E-state index contributed by atoms with van der Waals surface area (Å²) in [5, 5.41) is 16.1. The van der Waals surface area contributed by atoms with Crippen molar-refractivity contribution in [2.24, 2.45) is 5.92 Å². The summed E-state index contributed by atoms with van der Waals surface area (Å²) in [6.07, 6.45) is 5.70. The van der Waals surface area contributed by atoms with Crippen molar-refractivity contribution in [2.45, 2.75) is 25.7 Å². The maximum absolute atomic E-state index is 11.9. The van der Waals surface area contributed by atoms with Crippen LogP contribution in [0.1, 0.15) is 37.2 Å². The van der Waals surface area contributed by atoms with Gasteiger partial charge in [0, 0.05) is 12.1 Å². The van der Waals surface area contributed by atoms with E-state index in [9.17, 15) is 4.79 Å². The number of nitrogens with one attached hydrogen (secondary N) is 1. The monoisotopic (exact) mass is 359 g/mol. The minimum absolute atomic E-state index is 0.0392. The summed E-state index contributed by atoms with van der Waals surface area (Å²) >= 11 is 0. The van der Waals surface area contributed by atoms with E-state index in [-0.39, 0.29) is 17.7 Å². The second-order valence-corrected chi connectivity index (χ2v) is 7.17. The Morgan fingerprint density at radius 1 is 1.19 bits per heavy atom. The lowest BCUT2D eigenvalue weighted by Crippen LogP contribution is -2.13. The lowest BCUT2D eigenvalue weighted by molar-refractivity contribution is -0.117. The number of amides is 1. The van der Waals surface area contributed by atoms with E-state index in [1.807, 2.05) is 42.7 Å². The van der Waals surface area contributed by atoms with Gasteiger partial charge >= 0.3 is 0 Å². The highest BCUT2D eigenvalue weighted by Crippen LogP contribution is 2.30. The number of imidazole rings is 1. The lowest BCUT2D eigenvalue weighted by Gasteiger charge is -2.09. The molecule has 27 heavy (non-hydrogen) atoms. The number of pyridine rings is 1. The van der Waals surface area contributed by atoms with Crippen LogP contribution in [0.3, 0.4) is 0 Å². The second-order valence-electron chi connectivity index (χ2n) is 7.17. The molecule has 0 radical (unpaired) electrons. The molecule has 1 amide bonds. The predicted octanol–water partition coefficient (Wildman–Crippen LogP) is 0.531. The molecule has 1 aliphatic carbocycles. The molecule has 4 aromatic rings. The van der Waals surface area contributed by atoms with Crippen LogP contribution in [0.4, 0.5) is 5.82 Å². The van der Waals surface area contributed by atoms with Gasteiger partial charge in [0.15, 0.2) is 17.1 Å². The molecular formula is C18H18BN7O. The smallest absolute Gasteiger partial charge is 0.228 e. The number of carbonyl (C=O) groups is 1. The zero-order valence-electron chi connectivity index (χ0n) is 15.1. The quantitative estimate of drug-likeness (QED) is 0.537. The molecule has 4 aromatic heterocycles. The second kappa shape index (κ2) is 5.90. The molecule has 1 atom stereocenters. The van der Waals surface area contributed by atoms with Crippen LogP contribution in [0.5, 0.6) is 0 Å². The van der Waals surface area contributed by atoms with Crippen LogP contribution in [0.25, 0.3) is 11.3 Å². The topological polar surface area (TPSA) is 89.5 Å². The molecule has 134 valence electrons. The fourth-order valence-corrected chi connectivity index (χ4v) is 3.20. The van der Waals surface area contributed by atoms with E-state index in [0.717, 1.165) is 35.5 Å². The highest BCUT2D eigenvalue weighted by Gasteiger charge is 2.30. The van der Waals surface area contributed by atoms with Gasteiger partial charge in [0.1, 0.15) is 13.7 Å². The van der Waals surface area contributed by atoms with Crippen molar-refractivity contribution < 1.29 is 4.79 Å². The molecule has 4 heterocycles. The van der Waals surface area contributed by atoms with Crippen molar-refractivity contribution in [3.63, 3.8) is 0 Å². The molecule has 8 nitrogen and oxygen atoms in total. The van der Waals surface area contributed by atoms with Gasteiger partial charge in [0.05, 0.1) is 17.8 Å². The third kappa shape index (κ3) is 2.85. The summed E-state index contributed by atoms with van der Waals surface area (Å²) in [4.78, 5) is 16.4.